The van der Waals surface area contributed by atoms with Gasteiger partial charge in [-0.1, -0.05) is 12.1 Å². The first-order chi connectivity index (χ1) is 9.72. The number of hydrogen-bond acceptors (Lipinski definition) is 4. The molecule has 106 valence electrons. The summed E-state index contributed by atoms with van der Waals surface area (Å²) in [5.41, 5.74) is 3.40. The highest BCUT2D eigenvalue weighted by Gasteiger charge is 2.22. The Morgan fingerprint density at radius 1 is 1.45 bits per heavy atom. The number of benzene rings is 1. The lowest BCUT2D eigenvalue weighted by atomic mass is 10.0. The average Bonchev–Trinajstić information content (AvgIpc) is 3.10. The van der Waals surface area contributed by atoms with E-state index in [4.69, 9.17) is 4.74 Å². The second-order valence-corrected chi connectivity index (χ2v) is 6.45. The summed E-state index contributed by atoms with van der Waals surface area (Å²) in [7, 11) is 0. The molecule has 0 saturated carbocycles. The maximum atomic E-state index is 5.46. The van der Waals surface area contributed by atoms with E-state index in [1.165, 1.54) is 5.56 Å². The van der Waals surface area contributed by atoms with E-state index in [0.29, 0.717) is 12.0 Å². The van der Waals surface area contributed by atoms with Gasteiger partial charge in [-0.05, 0) is 32.4 Å². The third kappa shape index (κ3) is 3.02. The van der Waals surface area contributed by atoms with E-state index in [1.54, 1.807) is 11.3 Å². The van der Waals surface area contributed by atoms with Crippen LogP contribution in [0.3, 0.4) is 0 Å². The van der Waals surface area contributed by atoms with Crippen LogP contribution in [0.2, 0.25) is 0 Å². The molecular weight excluding hydrogens is 268 g/mol. The van der Waals surface area contributed by atoms with Crippen molar-refractivity contribution in [1.82, 2.24) is 4.98 Å². The number of aryl methyl sites for hydroxylation is 1. The zero-order valence-corrected chi connectivity index (χ0v) is 12.7. The fourth-order valence-corrected chi connectivity index (χ4v) is 3.21. The molecule has 0 spiro atoms. The lowest BCUT2D eigenvalue weighted by molar-refractivity contribution is 0.183. The summed E-state index contributed by atoms with van der Waals surface area (Å²) in [6.07, 6.45) is 1.15. The maximum absolute atomic E-state index is 5.46. The van der Waals surface area contributed by atoms with Gasteiger partial charge in [0.05, 0.1) is 17.3 Å². The summed E-state index contributed by atoms with van der Waals surface area (Å²) < 4.78 is 5.46. The molecule has 2 atom stereocenters. The number of thiazole rings is 1. The Morgan fingerprint density at radius 3 is 3.05 bits per heavy atom. The van der Waals surface area contributed by atoms with Gasteiger partial charge >= 0.3 is 0 Å². The van der Waals surface area contributed by atoms with Gasteiger partial charge in [0.1, 0.15) is 0 Å². The van der Waals surface area contributed by atoms with Crippen LogP contribution in [0.5, 0.6) is 0 Å². The Kier molecular flexibility index (Phi) is 4.03. The van der Waals surface area contributed by atoms with E-state index in [-0.39, 0.29) is 0 Å². The number of anilines is 1. The molecule has 3 nitrogen and oxygen atoms in total. The monoisotopic (exact) mass is 288 g/mol. The van der Waals surface area contributed by atoms with E-state index < -0.39 is 0 Å². The summed E-state index contributed by atoms with van der Waals surface area (Å²) in [4.78, 5) is 4.55. The second kappa shape index (κ2) is 5.94. The maximum Gasteiger partial charge on any atom is 0.0901 e. The zero-order chi connectivity index (χ0) is 13.9. The van der Waals surface area contributed by atoms with Crippen molar-refractivity contribution in [2.24, 2.45) is 5.92 Å². The molecule has 1 aromatic heterocycles. The summed E-state index contributed by atoms with van der Waals surface area (Å²) in [5.74, 6) is 0.611. The van der Waals surface area contributed by atoms with E-state index in [0.717, 1.165) is 36.0 Å². The molecule has 0 amide bonds. The third-order valence-electron chi connectivity index (χ3n) is 3.84. The first-order valence-electron chi connectivity index (χ1n) is 7.09. The van der Waals surface area contributed by atoms with Crippen LogP contribution in [-0.2, 0) is 4.74 Å². The molecule has 0 aliphatic carbocycles. The molecule has 1 fully saturated rings. The lowest BCUT2D eigenvalue weighted by Gasteiger charge is -2.20. The van der Waals surface area contributed by atoms with Gasteiger partial charge in [0.25, 0.3) is 0 Å². The van der Waals surface area contributed by atoms with Gasteiger partial charge in [-0.15, -0.1) is 11.3 Å². The van der Waals surface area contributed by atoms with Crippen molar-refractivity contribution in [2.45, 2.75) is 26.3 Å². The fourth-order valence-electron chi connectivity index (χ4n) is 2.59. The molecule has 1 N–H and O–H groups in total. The predicted molar refractivity (Wildman–Crippen MR) is 84.3 cm³/mol. The van der Waals surface area contributed by atoms with E-state index in [2.05, 4.69) is 46.9 Å². The average molecular weight is 288 g/mol. The van der Waals surface area contributed by atoms with Gasteiger partial charge in [-0.2, -0.15) is 0 Å². The van der Waals surface area contributed by atoms with E-state index >= 15 is 0 Å². The Balaban J connectivity index is 1.74. The van der Waals surface area contributed by atoms with Gasteiger partial charge in [-0.3, -0.25) is 0 Å². The summed E-state index contributed by atoms with van der Waals surface area (Å²) in [6, 6.07) is 8.94. The van der Waals surface area contributed by atoms with E-state index in [9.17, 15) is 0 Å². The van der Waals surface area contributed by atoms with Crippen molar-refractivity contribution in [1.29, 1.82) is 0 Å². The molecule has 1 saturated heterocycles. The number of aromatic nitrogens is 1. The fraction of sp³-hybridized carbons (Fsp3) is 0.438. The van der Waals surface area contributed by atoms with Crippen molar-refractivity contribution in [3.05, 3.63) is 34.7 Å². The van der Waals surface area contributed by atoms with Crippen LogP contribution in [0.15, 0.2) is 29.6 Å². The van der Waals surface area contributed by atoms with Crippen LogP contribution in [-0.4, -0.2) is 24.2 Å². The first kappa shape index (κ1) is 13.6. The minimum absolute atomic E-state index is 0.435. The van der Waals surface area contributed by atoms with Gasteiger partial charge < -0.3 is 10.1 Å². The number of nitrogens with zero attached hydrogens (tertiary/aromatic N) is 1. The molecular formula is C16H20N2OS. The molecule has 0 radical (unpaired) electrons. The molecule has 2 unspecified atom stereocenters. The normalized spacial score (nSPS) is 20.0. The number of rotatable bonds is 4. The Bertz CT molecular complexity index is 575. The molecule has 3 rings (SSSR count). The minimum Gasteiger partial charge on any atom is -0.382 e. The number of ether oxygens (including phenoxy) is 1. The van der Waals surface area contributed by atoms with Crippen molar-refractivity contribution in [2.75, 3.05) is 18.5 Å². The van der Waals surface area contributed by atoms with Crippen molar-refractivity contribution < 1.29 is 4.74 Å². The highest BCUT2D eigenvalue weighted by atomic mass is 32.1. The summed E-state index contributed by atoms with van der Waals surface area (Å²) in [6.45, 7) is 6.05. The van der Waals surface area contributed by atoms with Gasteiger partial charge in [0, 0.05) is 35.2 Å². The lowest BCUT2D eigenvalue weighted by Crippen LogP contribution is -2.26. The smallest absolute Gasteiger partial charge is 0.0901 e. The van der Waals surface area contributed by atoms with Crippen molar-refractivity contribution in [3.63, 3.8) is 0 Å². The van der Waals surface area contributed by atoms with E-state index in [1.807, 2.05) is 6.92 Å². The Labute approximate surface area is 124 Å². The van der Waals surface area contributed by atoms with Crippen LogP contribution >= 0.6 is 11.3 Å². The molecule has 2 heterocycles. The highest BCUT2D eigenvalue weighted by molar-refractivity contribution is 7.09. The standard InChI is InChI=1S/C16H20N2OS/c1-11(14-6-7-19-9-14)17-15-5-3-4-13(8-15)16-10-20-12(2)18-16/h3-5,8,10-11,14,17H,6-7,9H2,1-2H3. The van der Waals surface area contributed by atoms with Crippen LogP contribution in [0.25, 0.3) is 11.3 Å². The quantitative estimate of drug-likeness (QED) is 0.925. The molecule has 4 heteroatoms. The highest BCUT2D eigenvalue weighted by Crippen LogP contribution is 2.26. The van der Waals surface area contributed by atoms with Gasteiger partial charge in [0.2, 0.25) is 0 Å². The van der Waals surface area contributed by atoms with Gasteiger partial charge in [-0.25, -0.2) is 4.98 Å². The van der Waals surface area contributed by atoms with Crippen LogP contribution in [0.4, 0.5) is 5.69 Å². The topological polar surface area (TPSA) is 34.2 Å². The Morgan fingerprint density at radius 2 is 2.35 bits per heavy atom. The van der Waals surface area contributed by atoms with Crippen LogP contribution < -0.4 is 5.32 Å². The Hall–Kier alpha value is -1.39. The molecule has 1 aliphatic heterocycles. The SMILES string of the molecule is Cc1nc(-c2cccc(NC(C)C3CCOC3)c2)cs1. The molecule has 2 aromatic rings. The third-order valence-corrected chi connectivity index (χ3v) is 4.62. The molecule has 1 aromatic carbocycles. The second-order valence-electron chi connectivity index (χ2n) is 5.39. The van der Waals surface area contributed by atoms with Crippen LogP contribution in [0, 0.1) is 12.8 Å². The number of nitrogens with one attached hydrogen (secondary N) is 1. The number of hydrogen-bond donors (Lipinski definition) is 1. The molecule has 0 bridgehead atoms. The molecule has 20 heavy (non-hydrogen) atoms. The predicted octanol–water partition coefficient (Wildman–Crippen LogP) is 3.96. The minimum atomic E-state index is 0.435. The summed E-state index contributed by atoms with van der Waals surface area (Å²) in [5, 5.41) is 6.82. The van der Waals surface area contributed by atoms with Crippen LogP contribution in [0.1, 0.15) is 18.4 Å². The summed E-state index contributed by atoms with van der Waals surface area (Å²) >= 11 is 1.69. The first-order valence-corrected chi connectivity index (χ1v) is 7.97. The van der Waals surface area contributed by atoms with Crippen molar-refractivity contribution >= 4 is 17.0 Å². The molecule has 1 aliphatic rings. The zero-order valence-electron chi connectivity index (χ0n) is 11.9. The van der Waals surface area contributed by atoms with Crippen molar-refractivity contribution in [3.8, 4) is 11.3 Å². The van der Waals surface area contributed by atoms with Gasteiger partial charge in [0.15, 0.2) is 0 Å². The largest absolute Gasteiger partial charge is 0.382 e.